The highest BCUT2D eigenvalue weighted by Crippen LogP contribution is 2.23. The van der Waals surface area contributed by atoms with E-state index in [0.29, 0.717) is 29.4 Å². The van der Waals surface area contributed by atoms with Gasteiger partial charge in [0, 0.05) is 42.4 Å². The van der Waals surface area contributed by atoms with E-state index < -0.39 is 11.9 Å². The molecule has 0 aliphatic heterocycles. The first-order valence-electron chi connectivity index (χ1n) is 15.1. The Hall–Kier alpha value is -5.64. The Balaban J connectivity index is 1.49. The van der Waals surface area contributed by atoms with Crippen molar-refractivity contribution in [3.05, 3.63) is 115 Å². The molecule has 0 fully saturated rings. The van der Waals surface area contributed by atoms with Gasteiger partial charge in [0.05, 0.1) is 6.54 Å². The second-order valence-corrected chi connectivity index (χ2v) is 10.6. The molecular formula is C36H39N5O5. The van der Waals surface area contributed by atoms with Crippen molar-refractivity contribution in [2.75, 3.05) is 53.3 Å². The third-order valence-electron chi connectivity index (χ3n) is 7.10. The van der Waals surface area contributed by atoms with Crippen molar-refractivity contribution < 1.29 is 23.9 Å². The van der Waals surface area contributed by atoms with Gasteiger partial charge in [0.2, 0.25) is 11.8 Å². The normalized spacial score (nSPS) is 10.4. The number of hydrogen-bond donors (Lipinski definition) is 2. The molecule has 0 unspecified atom stereocenters. The predicted molar refractivity (Wildman–Crippen MR) is 181 cm³/mol. The first-order valence-corrected chi connectivity index (χ1v) is 15.1. The Labute approximate surface area is 269 Å². The summed E-state index contributed by atoms with van der Waals surface area (Å²) in [6, 6.07) is 31.8. The van der Waals surface area contributed by atoms with Crippen LogP contribution in [0.5, 0.6) is 5.75 Å². The fourth-order valence-electron chi connectivity index (χ4n) is 4.70. The van der Waals surface area contributed by atoms with Crippen LogP contribution in [0.4, 0.5) is 27.5 Å². The molecule has 4 rings (SSSR count). The molecule has 238 valence electrons. The zero-order chi connectivity index (χ0) is 32.9. The van der Waals surface area contributed by atoms with E-state index >= 15 is 0 Å². The Kier molecular flexibility index (Phi) is 11.9. The zero-order valence-corrected chi connectivity index (χ0v) is 26.3. The van der Waals surface area contributed by atoms with Crippen molar-refractivity contribution in [2.45, 2.75) is 20.3 Å². The third kappa shape index (κ3) is 9.43. The number of nitrogens with zero attached hydrogens (tertiary/aromatic N) is 3. The summed E-state index contributed by atoms with van der Waals surface area (Å²) in [6.07, 6.45) is 0.774. The monoisotopic (exact) mass is 621 g/mol. The summed E-state index contributed by atoms with van der Waals surface area (Å²) in [5.74, 6) is -0.721. The highest BCUT2D eigenvalue weighted by molar-refractivity contribution is 6.05. The van der Waals surface area contributed by atoms with Gasteiger partial charge in [-0.25, -0.2) is 4.79 Å². The Morgan fingerprint density at radius 2 is 1.35 bits per heavy atom. The van der Waals surface area contributed by atoms with E-state index in [1.54, 1.807) is 54.4 Å². The smallest absolute Gasteiger partial charge is 0.319 e. The highest BCUT2D eigenvalue weighted by atomic mass is 16.5. The van der Waals surface area contributed by atoms with Gasteiger partial charge < -0.3 is 30.1 Å². The van der Waals surface area contributed by atoms with Gasteiger partial charge in [-0.05, 0) is 67.4 Å². The van der Waals surface area contributed by atoms with Crippen molar-refractivity contribution in [1.29, 1.82) is 0 Å². The number of rotatable bonds is 13. The van der Waals surface area contributed by atoms with Crippen LogP contribution in [0.1, 0.15) is 18.9 Å². The number of para-hydroxylation sites is 2. The SMILES string of the molecule is CCCN(C(=O)COc1cccc(N(CC(=O)N(C)c2ccccc2)C(=O)CNC(=O)Nc2cccc(C)c2)c1)c1ccccc1. The molecule has 0 saturated heterocycles. The van der Waals surface area contributed by atoms with Crippen LogP contribution in [0, 0.1) is 6.92 Å². The van der Waals surface area contributed by atoms with Gasteiger partial charge in [-0.15, -0.1) is 0 Å². The predicted octanol–water partition coefficient (Wildman–Crippen LogP) is 5.63. The molecule has 46 heavy (non-hydrogen) atoms. The van der Waals surface area contributed by atoms with Crippen molar-refractivity contribution in [3.63, 3.8) is 0 Å². The Morgan fingerprint density at radius 3 is 2.02 bits per heavy atom. The number of benzene rings is 4. The lowest BCUT2D eigenvalue weighted by Crippen LogP contribution is -2.46. The molecule has 0 radical (unpaired) electrons. The molecular weight excluding hydrogens is 582 g/mol. The number of amides is 5. The van der Waals surface area contributed by atoms with Gasteiger partial charge in [0.25, 0.3) is 5.91 Å². The second-order valence-electron chi connectivity index (χ2n) is 10.6. The average Bonchev–Trinajstić information content (AvgIpc) is 3.08. The first-order chi connectivity index (χ1) is 22.2. The van der Waals surface area contributed by atoms with Crippen molar-refractivity contribution in [3.8, 4) is 5.75 Å². The first kappa shape index (κ1) is 33.3. The summed E-state index contributed by atoms with van der Waals surface area (Å²) in [5.41, 5.74) is 3.39. The van der Waals surface area contributed by atoms with Gasteiger partial charge in [-0.3, -0.25) is 14.4 Å². The largest absolute Gasteiger partial charge is 0.484 e. The number of urea groups is 1. The number of ether oxygens (including phenoxy) is 1. The summed E-state index contributed by atoms with van der Waals surface area (Å²) in [7, 11) is 1.63. The number of aryl methyl sites for hydroxylation is 1. The topological polar surface area (TPSA) is 111 Å². The van der Waals surface area contributed by atoms with Crippen LogP contribution in [-0.4, -0.2) is 57.0 Å². The molecule has 0 aliphatic carbocycles. The van der Waals surface area contributed by atoms with Crippen molar-refractivity contribution in [1.82, 2.24) is 5.32 Å². The minimum Gasteiger partial charge on any atom is -0.484 e. The fourth-order valence-corrected chi connectivity index (χ4v) is 4.70. The summed E-state index contributed by atoms with van der Waals surface area (Å²) >= 11 is 0. The highest BCUT2D eigenvalue weighted by Gasteiger charge is 2.23. The number of carbonyl (C=O) groups excluding carboxylic acids is 4. The fraction of sp³-hybridized carbons (Fsp3) is 0.222. The van der Waals surface area contributed by atoms with Gasteiger partial charge in [-0.2, -0.15) is 0 Å². The van der Waals surface area contributed by atoms with Gasteiger partial charge in [0.15, 0.2) is 6.61 Å². The second kappa shape index (κ2) is 16.4. The molecule has 0 saturated carbocycles. The lowest BCUT2D eigenvalue weighted by atomic mass is 10.2. The standard InChI is InChI=1S/C36H39N5O5/c1-4-21-40(30-17-9-6-10-18-30)35(44)26-46-32-20-12-19-31(23-32)41(25-34(43)39(3)29-15-7-5-8-16-29)33(42)24-37-36(45)38-28-14-11-13-27(2)22-28/h5-20,22-23H,4,21,24-26H2,1-3H3,(H2,37,38,45). The molecule has 5 amide bonds. The van der Waals surface area contributed by atoms with Crippen LogP contribution < -0.4 is 30.1 Å². The van der Waals surface area contributed by atoms with Crippen LogP contribution in [0.3, 0.4) is 0 Å². The van der Waals surface area contributed by atoms with Crippen molar-refractivity contribution in [2.24, 2.45) is 0 Å². The zero-order valence-electron chi connectivity index (χ0n) is 26.3. The Bertz CT molecular complexity index is 1630. The summed E-state index contributed by atoms with van der Waals surface area (Å²) in [5, 5.41) is 5.29. The van der Waals surface area contributed by atoms with E-state index in [0.717, 1.165) is 17.7 Å². The summed E-state index contributed by atoms with van der Waals surface area (Å²) < 4.78 is 5.88. The number of nitrogens with one attached hydrogen (secondary N) is 2. The molecule has 4 aromatic rings. The van der Waals surface area contributed by atoms with Gasteiger partial charge >= 0.3 is 6.03 Å². The minimum atomic E-state index is -0.558. The lowest BCUT2D eigenvalue weighted by Gasteiger charge is -2.26. The molecule has 10 heteroatoms. The van der Waals surface area contributed by atoms with E-state index in [1.165, 1.54) is 9.80 Å². The van der Waals surface area contributed by atoms with Crippen LogP contribution in [-0.2, 0) is 14.4 Å². The van der Waals surface area contributed by atoms with Gasteiger partial charge in [-0.1, -0.05) is 61.5 Å². The third-order valence-corrected chi connectivity index (χ3v) is 7.10. The summed E-state index contributed by atoms with van der Waals surface area (Å²) in [4.78, 5) is 57.1. The molecule has 10 nitrogen and oxygen atoms in total. The van der Waals surface area contributed by atoms with E-state index in [-0.39, 0.29) is 31.5 Å². The molecule has 0 spiro atoms. The quantitative estimate of drug-likeness (QED) is 0.201. The number of carbonyl (C=O) groups is 4. The Morgan fingerprint density at radius 1 is 0.696 bits per heavy atom. The van der Waals surface area contributed by atoms with Gasteiger partial charge in [0.1, 0.15) is 12.3 Å². The molecule has 4 aromatic carbocycles. The molecule has 2 N–H and O–H groups in total. The van der Waals surface area contributed by atoms with Crippen LogP contribution >= 0.6 is 0 Å². The molecule has 0 atom stereocenters. The summed E-state index contributed by atoms with van der Waals surface area (Å²) in [6.45, 7) is 3.56. The molecule has 0 aliphatic rings. The lowest BCUT2D eigenvalue weighted by molar-refractivity contribution is -0.121. The molecule has 0 aromatic heterocycles. The maximum Gasteiger partial charge on any atom is 0.319 e. The van der Waals surface area contributed by atoms with Crippen molar-refractivity contribution >= 4 is 46.5 Å². The molecule has 0 heterocycles. The van der Waals surface area contributed by atoms with E-state index in [1.807, 2.05) is 80.6 Å². The van der Waals surface area contributed by atoms with Crippen LogP contribution in [0.15, 0.2) is 109 Å². The van der Waals surface area contributed by atoms with E-state index in [2.05, 4.69) is 10.6 Å². The maximum absolute atomic E-state index is 13.6. The average molecular weight is 622 g/mol. The van der Waals surface area contributed by atoms with Crippen LogP contribution in [0.25, 0.3) is 0 Å². The van der Waals surface area contributed by atoms with Crippen LogP contribution in [0.2, 0.25) is 0 Å². The van der Waals surface area contributed by atoms with E-state index in [4.69, 9.17) is 4.74 Å². The molecule has 0 bridgehead atoms. The number of anilines is 4. The minimum absolute atomic E-state index is 0.213. The van der Waals surface area contributed by atoms with E-state index in [9.17, 15) is 19.2 Å². The number of hydrogen-bond acceptors (Lipinski definition) is 5. The number of likely N-dealkylation sites (N-methyl/N-ethyl adjacent to an activating group) is 1. The maximum atomic E-state index is 13.6.